The van der Waals surface area contributed by atoms with Gasteiger partial charge in [0.1, 0.15) is 0 Å². The summed E-state index contributed by atoms with van der Waals surface area (Å²) >= 11 is 1.57. The lowest BCUT2D eigenvalue weighted by molar-refractivity contribution is -0.117. The molecule has 0 bridgehead atoms. The van der Waals surface area contributed by atoms with Gasteiger partial charge in [0.15, 0.2) is 5.03 Å². The average molecular weight is 492 g/mol. The number of benzene rings is 2. The number of para-hydroxylation sites is 1. The van der Waals surface area contributed by atoms with Crippen LogP contribution in [0.15, 0.2) is 71.8 Å². The first kappa shape index (κ1) is 22.1. The monoisotopic (exact) mass is 491 g/mol. The van der Waals surface area contributed by atoms with Crippen molar-refractivity contribution in [1.82, 2.24) is 20.1 Å². The van der Waals surface area contributed by atoms with E-state index in [1.54, 1.807) is 23.5 Å². The minimum atomic E-state index is -4.02. The molecule has 172 valence electrons. The molecule has 0 radical (unpaired) electrons. The summed E-state index contributed by atoms with van der Waals surface area (Å²) in [6, 6.07) is 18.6. The van der Waals surface area contributed by atoms with Crippen molar-refractivity contribution < 1.29 is 13.2 Å². The number of hydrazine groups is 1. The highest BCUT2D eigenvalue weighted by atomic mass is 32.2. The third kappa shape index (κ3) is 4.50. The van der Waals surface area contributed by atoms with Crippen molar-refractivity contribution in [2.24, 2.45) is 0 Å². The van der Waals surface area contributed by atoms with Crippen LogP contribution in [0.1, 0.15) is 24.5 Å². The van der Waals surface area contributed by atoms with Crippen LogP contribution in [-0.4, -0.2) is 24.3 Å². The molecule has 3 N–H and O–H groups in total. The van der Waals surface area contributed by atoms with E-state index in [2.05, 4.69) is 26.9 Å². The number of thiazole rings is 1. The second kappa shape index (κ2) is 8.88. The van der Waals surface area contributed by atoms with E-state index >= 15 is 0 Å². The van der Waals surface area contributed by atoms with E-state index in [1.165, 1.54) is 11.6 Å². The number of aryl methyl sites for hydroxylation is 1. The highest BCUT2D eigenvalue weighted by Gasteiger charge is 2.19. The number of sulfonamides is 1. The largest absolute Gasteiger partial charge is 0.299 e. The van der Waals surface area contributed by atoms with E-state index in [1.807, 2.05) is 47.2 Å². The van der Waals surface area contributed by atoms with Gasteiger partial charge >= 0.3 is 0 Å². The smallest absolute Gasteiger partial charge is 0.281 e. The Morgan fingerprint density at radius 3 is 2.68 bits per heavy atom. The van der Waals surface area contributed by atoms with Crippen LogP contribution in [0.3, 0.4) is 0 Å². The Bertz CT molecular complexity index is 1510. The zero-order valence-corrected chi connectivity index (χ0v) is 19.8. The molecule has 2 heterocycles. The van der Waals surface area contributed by atoms with E-state index in [4.69, 9.17) is 0 Å². The number of carbonyl (C=O) groups excluding carboxylic acids is 1. The van der Waals surface area contributed by atoms with Crippen LogP contribution in [0.2, 0.25) is 0 Å². The summed E-state index contributed by atoms with van der Waals surface area (Å²) in [7, 11) is -4.02. The van der Waals surface area contributed by atoms with Gasteiger partial charge in [-0.2, -0.15) is 8.42 Å². The summed E-state index contributed by atoms with van der Waals surface area (Å²) in [6.07, 6.45) is 3.93. The van der Waals surface area contributed by atoms with Crippen molar-refractivity contribution in [1.29, 1.82) is 0 Å². The van der Waals surface area contributed by atoms with Crippen LogP contribution in [0.5, 0.6) is 0 Å². The Morgan fingerprint density at radius 2 is 1.85 bits per heavy atom. The number of hydrogen-bond donors (Lipinski definition) is 3. The molecule has 5 rings (SSSR count). The van der Waals surface area contributed by atoms with Crippen molar-refractivity contribution in [3.8, 4) is 11.3 Å². The Hall–Kier alpha value is -3.76. The SMILES string of the molecule is CC(=O)NS(=O)(=O)c1cccc(-c2ccc3c(c2)C(NNc2nc4ccccc4s2)=CCC3)n1. The number of aromatic nitrogens is 2. The molecule has 2 aromatic carbocycles. The molecular formula is C24H21N5O3S2. The summed E-state index contributed by atoms with van der Waals surface area (Å²) in [5.41, 5.74) is 11.8. The first-order valence-corrected chi connectivity index (χ1v) is 12.9. The molecule has 0 fully saturated rings. The van der Waals surface area contributed by atoms with Crippen molar-refractivity contribution in [3.63, 3.8) is 0 Å². The van der Waals surface area contributed by atoms with E-state index < -0.39 is 15.9 Å². The fourth-order valence-corrected chi connectivity index (χ4v) is 5.60. The highest BCUT2D eigenvalue weighted by molar-refractivity contribution is 7.90. The Balaban J connectivity index is 1.42. The van der Waals surface area contributed by atoms with Gasteiger partial charge in [-0.1, -0.05) is 47.7 Å². The summed E-state index contributed by atoms with van der Waals surface area (Å²) in [5, 5.41) is 0.562. The number of amides is 1. The lowest BCUT2D eigenvalue weighted by atomic mass is 9.92. The molecule has 2 aromatic heterocycles. The molecule has 0 aliphatic heterocycles. The molecule has 34 heavy (non-hydrogen) atoms. The minimum absolute atomic E-state index is 0.204. The number of nitrogens with one attached hydrogen (secondary N) is 3. The lowest BCUT2D eigenvalue weighted by Crippen LogP contribution is -2.28. The molecule has 0 saturated heterocycles. The van der Waals surface area contributed by atoms with Gasteiger partial charge < -0.3 is 0 Å². The third-order valence-corrected chi connectivity index (χ3v) is 7.62. The fourth-order valence-electron chi connectivity index (χ4n) is 3.82. The van der Waals surface area contributed by atoms with Crippen molar-refractivity contribution in [3.05, 3.63) is 77.9 Å². The molecule has 1 aliphatic rings. The Labute approximate surface area is 200 Å². The van der Waals surface area contributed by atoms with Crippen molar-refractivity contribution >= 4 is 48.3 Å². The maximum Gasteiger partial charge on any atom is 0.281 e. The Morgan fingerprint density at radius 1 is 1.00 bits per heavy atom. The lowest BCUT2D eigenvalue weighted by Gasteiger charge is -2.20. The third-order valence-electron chi connectivity index (χ3n) is 5.33. The summed E-state index contributed by atoms with van der Waals surface area (Å²) in [6.45, 7) is 1.15. The van der Waals surface area contributed by atoms with Gasteiger partial charge in [-0.15, -0.1) is 0 Å². The number of carbonyl (C=O) groups is 1. The van der Waals surface area contributed by atoms with E-state index in [0.717, 1.165) is 51.9 Å². The highest BCUT2D eigenvalue weighted by Crippen LogP contribution is 2.30. The molecule has 0 unspecified atom stereocenters. The average Bonchev–Trinajstić information content (AvgIpc) is 3.25. The quantitative estimate of drug-likeness (QED) is 0.348. The second-order valence-electron chi connectivity index (χ2n) is 7.79. The van der Waals surface area contributed by atoms with Gasteiger partial charge in [-0.25, -0.2) is 14.7 Å². The Kier molecular flexibility index (Phi) is 5.76. The van der Waals surface area contributed by atoms with Gasteiger partial charge in [0.25, 0.3) is 10.0 Å². The predicted octanol–water partition coefficient (Wildman–Crippen LogP) is 4.09. The first-order valence-electron chi connectivity index (χ1n) is 10.6. The first-order chi connectivity index (χ1) is 16.4. The van der Waals surface area contributed by atoms with Crippen LogP contribution in [0.4, 0.5) is 5.13 Å². The number of fused-ring (bicyclic) bond motifs is 2. The number of nitrogens with zero attached hydrogens (tertiary/aromatic N) is 2. The van der Waals surface area contributed by atoms with E-state index in [9.17, 15) is 13.2 Å². The molecule has 0 spiro atoms. The fraction of sp³-hybridized carbons (Fsp3) is 0.125. The van der Waals surface area contributed by atoms with E-state index in [-0.39, 0.29) is 5.03 Å². The van der Waals surface area contributed by atoms with Gasteiger partial charge in [0.05, 0.1) is 21.6 Å². The molecule has 0 saturated carbocycles. The van der Waals surface area contributed by atoms with E-state index in [0.29, 0.717) is 5.69 Å². The standard InChI is InChI=1S/C24H21N5O3S2/c1-15(30)29-34(31,32)23-11-5-8-19(25-23)17-13-12-16-6-4-9-20(18(16)14-17)27-28-24-26-21-7-2-3-10-22(21)33-24/h2-3,5,7-14,27H,4,6H2,1H3,(H,26,28)(H,29,30). The normalized spacial score (nSPS) is 13.1. The van der Waals surface area contributed by atoms with Gasteiger partial charge in [-0.05, 0) is 48.7 Å². The van der Waals surface area contributed by atoms with Crippen molar-refractivity contribution in [2.45, 2.75) is 24.8 Å². The minimum Gasteiger partial charge on any atom is -0.299 e. The van der Waals surface area contributed by atoms with Gasteiger partial charge in [0.2, 0.25) is 11.0 Å². The second-order valence-corrected chi connectivity index (χ2v) is 10.4. The maximum absolute atomic E-state index is 12.4. The van der Waals surface area contributed by atoms with Crippen LogP contribution in [-0.2, 0) is 21.2 Å². The number of pyridine rings is 1. The topological polar surface area (TPSA) is 113 Å². The number of rotatable bonds is 6. The number of hydrogen-bond acceptors (Lipinski definition) is 8. The molecule has 8 nitrogen and oxygen atoms in total. The molecule has 0 atom stereocenters. The summed E-state index contributed by atoms with van der Waals surface area (Å²) < 4.78 is 27.8. The number of allylic oxidation sites excluding steroid dienone is 1. The predicted molar refractivity (Wildman–Crippen MR) is 133 cm³/mol. The van der Waals surface area contributed by atoms with Gasteiger partial charge in [0, 0.05) is 18.1 Å². The molecule has 1 aliphatic carbocycles. The number of anilines is 1. The van der Waals surface area contributed by atoms with Crippen LogP contribution < -0.4 is 15.6 Å². The summed E-state index contributed by atoms with van der Waals surface area (Å²) in [4.78, 5) is 20.1. The van der Waals surface area contributed by atoms with Crippen LogP contribution >= 0.6 is 11.3 Å². The molecule has 1 amide bonds. The summed E-state index contributed by atoms with van der Waals surface area (Å²) in [5.74, 6) is -0.664. The van der Waals surface area contributed by atoms with Crippen LogP contribution in [0, 0.1) is 0 Å². The van der Waals surface area contributed by atoms with Crippen molar-refractivity contribution in [2.75, 3.05) is 5.43 Å². The van der Waals surface area contributed by atoms with Crippen LogP contribution in [0.25, 0.3) is 27.2 Å². The van der Waals surface area contributed by atoms with Gasteiger partial charge in [-0.3, -0.25) is 15.6 Å². The molecule has 10 heteroatoms. The molecule has 4 aromatic rings. The maximum atomic E-state index is 12.4. The zero-order valence-electron chi connectivity index (χ0n) is 18.2. The molecular weight excluding hydrogens is 470 g/mol. The zero-order chi connectivity index (χ0) is 23.7.